The van der Waals surface area contributed by atoms with Crippen molar-refractivity contribution in [2.45, 2.75) is 4.90 Å². The Kier molecular flexibility index (Phi) is 5.52. The number of nitrogens with one attached hydrogen (secondary N) is 1. The fraction of sp³-hybridized carbons (Fsp3) is 0.0476. The van der Waals surface area contributed by atoms with Crippen LogP contribution in [-0.4, -0.2) is 21.8 Å². The van der Waals surface area contributed by atoms with Crippen molar-refractivity contribution in [1.29, 1.82) is 0 Å². The van der Waals surface area contributed by atoms with Gasteiger partial charge in [-0.05, 0) is 48.5 Å². The molecular weight excluding hydrogens is 412 g/mol. The minimum absolute atomic E-state index is 0.0854. The van der Waals surface area contributed by atoms with Crippen molar-refractivity contribution in [3.63, 3.8) is 0 Å². The van der Waals surface area contributed by atoms with E-state index in [1.165, 1.54) is 23.1 Å². The normalized spacial score (nSPS) is 10.9. The zero-order valence-corrected chi connectivity index (χ0v) is 16.9. The summed E-state index contributed by atoms with van der Waals surface area (Å²) in [4.78, 5) is 17.7. The number of para-hydroxylation sites is 1. The summed E-state index contributed by atoms with van der Waals surface area (Å²) in [6.07, 6.45) is 0. The smallest absolute Gasteiger partial charge is 0.234 e. The lowest BCUT2D eigenvalue weighted by Crippen LogP contribution is -2.13. The average molecular weight is 427 g/mol. The molecule has 140 valence electrons. The van der Waals surface area contributed by atoms with E-state index in [0.29, 0.717) is 16.3 Å². The summed E-state index contributed by atoms with van der Waals surface area (Å²) in [5, 5.41) is 14.6. The topological polar surface area (TPSA) is 62.2 Å². The molecule has 4 nitrogen and oxygen atoms in total. The summed E-state index contributed by atoms with van der Waals surface area (Å²) in [7, 11) is 0. The summed E-state index contributed by atoms with van der Waals surface area (Å²) in [6.45, 7) is 0. The molecule has 0 aliphatic heterocycles. The Labute approximate surface area is 175 Å². The second kappa shape index (κ2) is 8.22. The molecule has 4 aromatic rings. The maximum absolute atomic E-state index is 12.2. The lowest BCUT2D eigenvalue weighted by atomic mass is 10.2. The minimum atomic E-state index is -0.146. The highest BCUT2D eigenvalue weighted by atomic mass is 35.5. The number of carbonyl (C=O) groups excluding carboxylic acids is 1. The van der Waals surface area contributed by atoms with Gasteiger partial charge in [0.2, 0.25) is 5.91 Å². The number of halogens is 1. The van der Waals surface area contributed by atoms with E-state index in [-0.39, 0.29) is 17.4 Å². The third-order valence-corrected chi connectivity index (χ3v) is 6.32. The molecule has 0 aliphatic carbocycles. The number of amides is 1. The third-order valence-electron chi connectivity index (χ3n) is 3.99. The number of aromatic nitrogens is 1. The van der Waals surface area contributed by atoms with E-state index in [9.17, 15) is 9.90 Å². The van der Waals surface area contributed by atoms with Crippen LogP contribution in [0.1, 0.15) is 0 Å². The number of hydrogen-bond acceptors (Lipinski definition) is 5. The molecule has 4 rings (SSSR count). The average Bonchev–Trinajstić information content (AvgIpc) is 3.11. The molecule has 0 saturated carbocycles. The van der Waals surface area contributed by atoms with Gasteiger partial charge in [-0.3, -0.25) is 4.79 Å². The first-order valence-corrected chi connectivity index (χ1v) is 10.6. The molecule has 0 radical (unpaired) electrons. The van der Waals surface area contributed by atoms with Crippen LogP contribution < -0.4 is 5.32 Å². The number of fused-ring (bicyclic) bond motifs is 1. The standard InChI is InChI=1S/C21H15ClN2O2S2/c22-13-5-8-15(9-6-13)27-12-20(26)23-14-7-10-16(18(25)11-14)21-24-17-3-1-2-4-19(17)28-21/h1-11,25H,12H2,(H,23,26). The lowest BCUT2D eigenvalue weighted by Gasteiger charge is -2.08. The summed E-state index contributed by atoms with van der Waals surface area (Å²) in [5.74, 6) is 0.205. The highest BCUT2D eigenvalue weighted by Crippen LogP contribution is 2.36. The molecular formula is C21H15ClN2O2S2. The predicted octanol–water partition coefficient (Wildman–Crippen LogP) is 6.05. The van der Waals surface area contributed by atoms with Gasteiger partial charge in [0.25, 0.3) is 0 Å². The first-order chi connectivity index (χ1) is 13.6. The van der Waals surface area contributed by atoms with Gasteiger partial charge in [-0.1, -0.05) is 23.7 Å². The third kappa shape index (κ3) is 4.30. The predicted molar refractivity (Wildman–Crippen MR) is 118 cm³/mol. The van der Waals surface area contributed by atoms with Crippen molar-refractivity contribution >= 4 is 56.5 Å². The molecule has 0 aliphatic rings. The fourth-order valence-corrected chi connectivity index (χ4v) is 4.48. The Bertz CT molecular complexity index is 1110. The second-order valence-corrected chi connectivity index (χ2v) is 8.53. The maximum Gasteiger partial charge on any atom is 0.234 e. The Morgan fingerprint density at radius 2 is 1.89 bits per heavy atom. The van der Waals surface area contributed by atoms with E-state index in [1.54, 1.807) is 30.3 Å². The fourth-order valence-electron chi connectivity index (χ4n) is 2.65. The molecule has 0 spiro atoms. The lowest BCUT2D eigenvalue weighted by molar-refractivity contribution is -0.113. The van der Waals surface area contributed by atoms with Crippen LogP contribution in [0.5, 0.6) is 5.75 Å². The molecule has 1 aromatic heterocycles. The van der Waals surface area contributed by atoms with Crippen molar-refractivity contribution in [3.8, 4) is 16.3 Å². The molecule has 1 heterocycles. The van der Waals surface area contributed by atoms with Crippen LogP contribution in [0.15, 0.2) is 71.6 Å². The van der Waals surface area contributed by atoms with Gasteiger partial charge in [-0.15, -0.1) is 23.1 Å². The highest BCUT2D eigenvalue weighted by Gasteiger charge is 2.12. The Balaban J connectivity index is 1.43. The molecule has 1 amide bonds. The zero-order valence-electron chi connectivity index (χ0n) is 14.6. The highest BCUT2D eigenvalue weighted by molar-refractivity contribution is 8.00. The van der Waals surface area contributed by atoms with E-state index in [1.807, 2.05) is 36.4 Å². The monoisotopic (exact) mass is 426 g/mol. The number of thioether (sulfide) groups is 1. The largest absolute Gasteiger partial charge is 0.507 e. The quantitative estimate of drug-likeness (QED) is 0.381. The van der Waals surface area contributed by atoms with Gasteiger partial charge in [-0.25, -0.2) is 4.98 Å². The SMILES string of the molecule is O=C(CSc1ccc(Cl)cc1)Nc1ccc(-c2nc3ccccc3s2)c(O)c1. The van der Waals surface area contributed by atoms with Gasteiger partial charge < -0.3 is 10.4 Å². The zero-order chi connectivity index (χ0) is 19.5. The molecule has 0 unspecified atom stereocenters. The molecule has 28 heavy (non-hydrogen) atoms. The molecule has 0 bridgehead atoms. The number of phenols is 1. The van der Waals surface area contributed by atoms with Gasteiger partial charge >= 0.3 is 0 Å². The summed E-state index contributed by atoms with van der Waals surface area (Å²) < 4.78 is 1.06. The Hall–Kier alpha value is -2.54. The minimum Gasteiger partial charge on any atom is -0.507 e. The Morgan fingerprint density at radius 1 is 1.11 bits per heavy atom. The van der Waals surface area contributed by atoms with Gasteiger partial charge in [0.05, 0.1) is 21.5 Å². The van der Waals surface area contributed by atoms with Crippen molar-refractivity contribution < 1.29 is 9.90 Å². The van der Waals surface area contributed by atoms with E-state index < -0.39 is 0 Å². The van der Waals surface area contributed by atoms with E-state index in [4.69, 9.17) is 11.6 Å². The van der Waals surface area contributed by atoms with E-state index in [0.717, 1.165) is 20.1 Å². The van der Waals surface area contributed by atoms with Crippen LogP contribution in [0.3, 0.4) is 0 Å². The van der Waals surface area contributed by atoms with Crippen LogP contribution in [0, 0.1) is 0 Å². The summed E-state index contributed by atoms with van der Waals surface area (Å²) >= 11 is 8.80. The van der Waals surface area contributed by atoms with Crippen LogP contribution in [0.25, 0.3) is 20.8 Å². The van der Waals surface area contributed by atoms with Crippen molar-refractivity contribution in [2.75, 3.05) is 11.1 Å². The Morgan fingerprint density at radius 3 is 2.64 bits per heavy atom. The number of rotatable bonds is 5. The molecule has 0 saturated heterocycles. The summed E-state index contributed by atoms with van der Waals surface area (Å²) in [5.41, 5.74) is 2.09. The molecule has 7 heteroatoms. The number of anilines is 1. The van der Waals surface area contributed by atoms with Crippen molar-refractivity contribution in [2.24, 2.45) is 0 Å². The van der Waals surface area contributed by atoms with Crippen LogP contribution in [-0.2, 0) is 4.79 Å². The molecule has 2 N–H and O–H groups in total. The van der Waals surface area contributed by atoms with Crippen LogP contribution in [0.2, 0.25) is 5.02 Å². The number of carbonyl (C=O) groups is 1. The number of thiazole rings is 1. The van der Waals surface area contributed by atoms with Crippen LogP contribution >= 0.6 is 34.7 Å². The van der Waals surface area contributed by atoms with E-state index in [2.05, 4.69) is 10.3 Å². The van der Waals surface area contributed by atoms with E-state index >= 15 is 0 Å². The van der Waals surface area contributed by atoms with Gasteiger partial charge in [0.15, 0.2) is 0 Å². The van der Waals surface area contributed by atoms with Gasteiger partial charge in [0.1, 0.15) is 10.8 Å². The molecule has 3 aromatic carbocycles. The number of benzene rings is 3. The van der Waals surface area contributed by atoms with Crippen LogP contribution in [0.4, 0.5) is 5.69 Å². The second-order valence-electron chi connectivity index (χ2n) is 6.01. The van der Waals surface area contributed by atoms with Gasteiger partial charge in [-0.2, -0.15) is 0 Å². The maximum atomic E-state index is 12.2. The van der Waals surface area contributed by atoms with Crippen molar-refractivity contribution in [3.05, 3.63) is 71.8 Å². The van der Waals surface area contributed by atoms with Gasteiger partial charge in [0, 0.05) is 21.7 Å². The number of phenolic OH excluding ortho intramolecular Hbond substituents is 1. The number of nitrogens with zero attached hydrogens (tertiary/aromatic N) is 1. The molecule has 0 atom stereocenters. The first kappa shape index (κ1) is 18.8. The number of hydrogen-bond donors (Lipinski definition) is 2. The molecule has 0 fully saturated rings. The summed E-state index contributed by atoms with van der Waals surface area (Å²) in [6, 6.07) is 20.3. The number of aromatic hydroxyl groups is 1. The first-order valence-electron chi connectivity index (χ1n) is 8.46. The van der Waals surface area contributed by atoms with Crippen molar-refractivity contribution in [1.82, 2.24) is 4.98 Å².